The Balaban J connectivity index is 2.28. The number of rotatable bonds is 3. The zero-order chi connectivity index (χ0) is 13.1. The van der Waals surface area contributed by atoms with E-state index in [9.17, 15) is 9.90 Å². The largest absolute Gasteiger partial charge is 0.506 e. The first-order valence-corrected chi connectivity index (χ1v) is 5.79. The molecule has 0 fully saturated rings. The Bertz CT molecular complexity index is 596. The molecule has 2 N–H and O–H groups in total. The maximum Gasteiger partial charge on any atom is 0.150 e. The number of aryl methyl sites for hydroxylation is 1. The first kappa shape index (κ1) is 12.5. The number of aromatic hydroxyl groups is 1. The number of carbonyl (C=O) groups excluding carboxylic acids is 1. The summed E-state index contributed by atoms with van der Waals surface area (Å²) < 4.78 is 0. The number of hydrogen-bond donors (Lipinski definition) is 2. The van der Waals surface area contributed by atoms with Gasteiger partial charge in [-0.2, -0.15) is 0 Å². The first-order valence-electron chi connectivity index (χ1n) is 5.41. The molecule has 0 aliphatic heterocycles. The van der Waals surface area contributed by atoms with Crippen LogP contribution in [0.2, 0.25) is 5.02 Å². The highest BCUT2D eigenvalue weighted by atomic mass is 35.5. The standard InChI is InChI=1S/C14H12ClNO2/c1-9-6-10(8-17)2-4-13(9)16-11-3-5-14(18)12(15)7-11/h2-8,16,18H,1H3. The van der Waals surface area contributed by atoms with Crippen molar-refractivity contribution in [3.63, 3.8) is 0 Å². The van der Waals surface area contributed by atoms with Gasteiger partial charge in [-0.3, -0.25) is 4.79 Å². The van der Waals surface area contributed by atoms with Crippen molar-refractivity contribution in [2.75, 3.05) is 5.32 Å². The van der Waals surface area contributed by atoms with E-state index in [4.69, 9.17) is 11.6 Å². The predicted molar refractivity (Wildman–Crippen MR) is 73.0 cm³/mol. The van der Waals surface area contributed by atoms with E-state index in [1.54, 1.807) is 24.3 Å². The van der Waals surface area contributed by atoms with Gasteiger partial charge in [0.15, 0.2) is 0 Å². The van der Waals surface area contributed by atoms with Crippen molar-refractivity contribution in [2.45, 2.75) is 6.92 Å². The molecule has 2 aromatic rings. The highest BCUT2D eigenvalue weighted by Gasteiger charge is 2.03. The van der Waals surface area contributed by atoms with E-state index < -0.39 is 0 Å². The van der Waals surface area contributed by atoms with Crippen molar-refractivity contribution < 1.29 is 9.90 Å². The number of halogens is 1. The second-order valence-corrected chi connectivity index (χ2v) is 4.39. The highest BCUT2D eigenvalue weighted by molar-refractivity contribution is 6.32. The molecule has 0 heterocycles. The Kier molecular flexibility index (Phi) is 3.53. The Morgan fingerprint density at radius 1 is 1.22 bits per heavy atom. The van der Waals surface area contributed by atoms with Crippen LogP contribution in [0.1, 0.15) is 15.9 Å². The second kappa shape index (κ2) is 5.10. The van der Waals surface area contributed by atoms with Crippen LogP contribution in [0, 0.1) is 6.92 Å². The molecule has 0 amide bonds. The van der Waals surface area contributed by atoms with Crippen LogP contribution in [-0.2, 0) is 0 Å². The molecule has 0 atom stereocenters. The zero-order valence-electron chi connectivity index (χ0n) is 9.77. The number of phenols is 1. The van der Waals surface area contributed by atoms with E-state index in [1.165, 1.54) is 6.07 Å². The molecule has 0 bridgehead atoms. The van der Waals surface area contributed by atoms with Gasteiger partial charge in [-0.25, -0.2) is 0 Å². The van der Waals surface area contributed by atoms with Gasteiger partial charge in [-0.05, 0) is 48.9 Å². The third kappa shape index (κ3) is 2.63. The van der Waals surface area contributed by atoms with E-state index in [1.807, 2.05) is 13.0 Å². The van der Waals surface area contributed by atoms with Crippen molar-refractivity contribution in [1.29, 1.82) is 0 Å². The minimum Gasteiger partial charge on any atom is -0.506 e. The quantitative estimate of drug-likeness (QED) is 0.651. The Labute approximate surface area is 110 Å². The Morgan fingerprint density at radius 3 is 2.61 bits per heavy atom. The molecular formula is C14H12ClNO2. The SMILES string of the molecule is Cc1cc(C=O)ccc1Nc1ccc(O)c(Cl)c1. The number of phenolic OH excluding ortho intramolecular Hbond substituents is 1. The third-order valence-electron chi connectivity index (χ3n) is 2.61. The van der Waals surface area contributed by atoms with E-state index >= 15 is 0 Å². The normalized spacial score (nSPS) is 10.1. The molecule has 0 spiro atoms. The van der Waals surface area contributed by atoms with Gasteiger partial charge in [0.2, 0.25) is 0 Å². The summed E-state index contributed by atoms with van der Waals surface area (Å²) in [6.07, 6.45) is 0.814. The fourth-order valence-corrected chi connectivity index (χ4v) is 1.82. The Morgan fingerprint density at radius 2 is 2.00 bits per heavy atom. The average Bonchev–Trinajstić information content (AvgIpc) is 2.36. The number of carbonyl (C=O) groups is 1. The summed E-state index contributed by atoms with van der Waals surface area (Å²) in [5, 5.41) is 12.8. The van der Waals surface area contributed by atoms with Crippen LogP contribution in [0.4, 0.5) is 11.4 Å². The van der Waals surface area contributed by atoms with Crippen LogP contribution in [0.15, 0.2) is 36.4 Å². The summed E-state index contributed by atoms with van der Waals surface area (Å²) >= 11 is 5.83. The number of anilines is 2. The van der Waals surface area contributed by atoms with E-state index in [2.05, 4.69) is 5.32 Å². The van der Waals surface area contributed by atoms with Gasteiger partial charge >= 0.3 is 0 Å². The van der Waals surface area contributed by atoms with Crippen molar-refractivity contribution in [2.24, 2.45) is 0 Å². The molecular weight excluding hydrogens is 250 g/mol. The van der Waals surface area contributed by atoms with Crippen LogP contribution in [0.5, 0.6) is 5.75 Å². The summed E-state index contributed by atoms with van der Waals surface area (Å²) in [6, 6.07) is 10.3. The molecule has 18 heavy (non-hydrogen) atoms. The lowest BCUT2D eigenvalue weighted by molar-refractivity contribution is 0.112. The number of aldehydes is 1. The smallest absolute Gasteiger partial charge is 0.150 e. The minimum absolute atomic E-state index is 0.0511. The monoisotopic (exact) mass is 261 g/mol. The van der Waals surface area contributed by atoms with Crippen molar-refractivity contribution in [3.05, 3.63) is 52.5 Å². The lowest BCUT2D eigenvalue weighted by atomic mass is 10.1. The topological polar surface area (TPSA) is 49.3 Å². The van der Waals surface area contributed by atoms with Gasteiger partial charge < -0.3 is 10.4 Å². The molecule has 0 aromatic heterocycles. The summed E-state index contributed by atoms with van der Waals surface area (Å²) in [6.45, 7) is 1.91. The van der Waals surface area contributed by atoms with Crippen LogP contribution in [-0.4, -0.2) is 11.4 Å². The fourth-order valence-electron chi connectivity index (χ4n) is 1.64. The Hall–Kier alpha value is -2.00. The summed E-state index contributed by atoms with van der Waals surface area (Å²) in [4.78, 5) is 10.6. The van der Waals surface area contributed by atoms with Crippen molar-refractivity contribution in [3.8, 4) is 5.75 Å². The summed E-state index contributed by atoms with van der Waals surface area (Å²) in [7, 11) is 0. The molecule has 0 aliphatic rings. The highest BCUT2D eigenvalue weighted by Crippen LogP contribution is 2.28. The molecule has 0 radical (unpaired) electrons. The van der Waals surface area contributed by atoms with Gasteiger partial charge in [-0.1, -0.05) is 11.6 Å². The van der Waals surface area contributed by atoms with Crippen molar-refractivity contribution >= 4 is 29.3 Å². The second-order valence-electron chi connectivity index (χ2n) is 3.98. The van der Waals surface area contributed by atoms with Crippen molar-refractivity contribution in [1.82, 2.24) is 0 Å². The molecule has 92 valence electrons. The summed E-state index contributed by atoms with van der Waals surface area (Å²) in [5.74, 6) is 0.0511. The molecule has 3 nitrogen and oxygen atoms in total. The van der Waals surface area contributed by atoms with Gasteiger partial charge in [-0.15, -0.1) is 0 Å². The summed E-state index contributed by atoms with van der Waals surface area (Å²) in [5.41, 5.74) is 3.27. The maximum atomic E-state index is 10.6. The fraction of sp³-hybridized carbons (Fsp3) is 0.0714. The first-order chi connectivity index (χ1) is 8.60. The molecule has 2 rings (SSSR count). The van der Waals surface area contributed by atoms with E-state index in [0.717, 1.165) is 23.2 Å². The number of hydrogen-bond acceptors (Lipinski definition) is 3. The molecule has 0 saturated carbocycles. The molecule has 4 heteroatoms. The van der Waals surface area contributed by atoms with Crippen LogP contribution >= 0.6 is 11.6 Å². The van der Waals surface area contributed by atoms with Gasteiger partial charge in [0.05, 0.1) is 5.02 Å². The van der Waals surface area contributed by atoms with Crippen LogP contribution in [0.25, 0.3) is 0 Å². The molecule has 0 saturated heterocycles. The molecule has 2 aromatic carbocycles. The average molecular weight is 262 g/mol. The number of benzene rings is 2. The lowest BCUT2D eigenvalue weighted by Crippen LogP contribution is -1.94. The maximum absolute atomic E-state index is 10.6. The van der Waals surface area contributed by atoms with Gasteiger partial charge in [0.1, 0.15) is 12.0 Å². The lowest BCUT2D eigenvalue weighted by Gasteiger charge is -2.10. The minimum atomic E-state index is 0.0511. The van der Waals surface area contributed by atoms with Gasteiger partial charge in [0, 0.05) is 16.9 Å². The molecule has 0 unspecified atom stereocenters. The van der Waals surface area contributed by atoms with E-state index in [0.29, 0.717) is 10.6 Å². The third-order valence-corrected chi connectivity index (χ3v) is 2.92. The number of nitrogens with one attached hydrogen (secondary N) is 1. The zero-order valence-corrected chi connectivity index (χ0v) is 10.5. The molecule has 0 aliphatic carbocycles. The van der Waals surface area contributed by atoms with Gasteiger partial charge in [0.25, 0.3) is 0 Å². The van der Waals surface area contributed by atoms with E-state index in [-0.39, 0.29) is 5.75 Å². The van der Waals surface area contributed by atoms with Crippen LogP contribution in [0.3, 0.4) is 0 Å². The van der Waals surface area contributed by atoms with Crippen LogP contribution < -0.4 is 5.32 Å². The predicted octanol–water partition coefficient (Wildman–Crippen LogP) is 3.91.